The molecule has 2 fully saturated rings. The summed E-state index contributed by atoms with van der Waals surface area (Å²) in [6.45, 7) is 4.49. The monoisotopic (exact) mass is 315 g/mol. The molecule has 0 aromatic heterocycles. The number of aliphatic hydroxyl groups is 1. The van der Waals surface area contributed by atoms with Crippen LogP contribution in [0, 0.1) is 5.92 Å². The summed E-state index contributed by atoms with van der Waals surface area (Å²) in [5.74, 6) is 1.46. The molecular weight excluding hydrogens is 290 g/mol. The van der Waals surface area contributed by atoms with Crippen LogP contribution in [0.5, 0.6) is 11.5 Å². The number of piperidine rings is 1. The summed E-state index contributed by atoms with van der Waals surface area (Å²) in [7, 11) is 0. The van der Waals surface area contributed by atoms with Crippen molar-refractivity contribution in [3.63, 3.8) is 0 Å². The first-order valence-corrected chi connectivity index (χ1v) is 9.11. The van der Waals surface area contributed by atoms with Gasteiger partial charge in [0.1, 0.15) is 6.10 Å². The number of hydrogen-bond acceptors (Lipinski definition) is 4. The van der Waals surface area contributed by atoms with Crippen LogP contribution in [0.25, 0.3) is 0 Å². The van der Waals surface area contributed by atoms with E-state index in [2.05, 4.69) is 17.9 Å². The van der Waals surface area contributed by atoms with Crippen molar-refractivity contribution < 1.29 is 14.9 Å². The second-order valence-corrected chi connectivity index (χ2v) is 7.84. The van der Waals surface area contributed by atoms with Crippen molar-refractivity contribution in [2.45, 2.75) is 62.7 Å². The summed E-state index contributed by atoms with van der Waals surface area (Å²) in [6, 6.07) is 4.42. The number of likely N-dealkylation sites (tertiary alicyclic amines) is 1. The molecule has 4 heteroatoms. The Kier molecular flexibility index (Phi) is 2.85. The Bertz CT molecular complexity index is 660. The van der Waals surface area contributed by atoms with Crippen LogP contribution in [0.15, 0.2) is 12.1 Å². The predicted molar refractivity (Wildman–Crippen MR) is 86.9 cm³/mol. The quantitative estimate of drug-likeness (QED) is 0.878. The third-order valence-electron chi connectivity index (χ3n) is 6.91. The molecule has 5 rings (SSSR count). The Balaban J connectivity index is 1.72. The third-order valence-corrected chi connectivity index (χ3v) is 6.91. The number of benzene rings is 1. The molecule has 0 amide bonds. The Morgan fingerprint density at radius 2 is 2.22 bits per heavy atom. The zero-order valence-electron chi connectivity index (χ0n) is 13.7. The van der Waals surface area contributed by atoms with Crippen LogP contribution in [0.2, 0.25) is 0 Å². The Labute approximate surface area is 137 Å². The number of phenolic OH excluding ortho intramolecular Hbond substituents is 1. The Hall–Kier alpha value is -1.26. The van der Waals surface area contributed by atoms with Gasteiger partial charge in [0.15, 0.2) is 11.5 Å². The summed E-state index contributed by atoms with van der Waals surface area (Å²) in [5.41, 5.74) is 2.49. The van der Waals surface area contributed by atoms with E-state index in [1.807, 2.05) is 0 Å². The molecule has 2 N–H and O–H groups in total. The molecule has 1 spiro atoms. The van der Waals surface area contributed by atoms with Gasteiger partial charge in [-0.05, 0) is 62.7 Å². The van der Waals surface area contributed by atoms with E-state index in [4.69, 9.17) is 4.74 Å². The molecule has 2 aliphatic heterocycles. The average molecular weight is 315 g/mol. The molecular formula is C19H25NO3. The van der Waals surface area contributed by atoms with Crippen LogP contribution in [0.1, 0.15) is 43.7 Å². The van der Waals surface area contributed by atoms with Crippen LogP contribution < -0.4 is 4.74 Å². The van der Waals surface area contributed by atoms with E-state index in [0.29, 0.717) is 17.7 Å². The summed E-state index contributed by atoms with van der Waals surface area (Å²) < 4.78 is 6.20. The van der Waals surface area contributed by atoms with Gasteiger partial charge in [0.05, 0.1) is 6.10 Å². The second kappa shape index (κ2) is 4.64. The van der Waals surface area contributed by atoms with E-state index < -0.39 is 6.10 Å². The molecule has 5 atom stereocenters. The summed E-state index contributed by atoms with van der Waals surface area (Å²) in [5, 5.41) is 20.9. The van der Waals surface area contributed by atoms with Gasteiger partial charge in [-0.3, -0.25) is 4.90 Å². The fourth-order valence-electron chi connectivity index (χ4n) is 6.16. The Morgan fingerprint density at radius 1 is 1.35 bits per heavy atom. The first-order valence-electron chi connectivity index (χ1n) is 9.11. The van der Waals surface area contributed by atoms with Gasteiger partial charge in [0.25, 0.3) is 0 Å². The van der Waals surface area contributed by atoms with Gasteiger partial charge in [0.2, 0.25) is 0 Å². The highest BCUT2D eigenvalue weighted by Crippen LogP contribution is 2.63. The van der Waals surface area contributed by atoms with Gasteiger partial charge in [-0.1, -0.05) is 13.0 Å². The minimum Gasteiger partial charge on any atom is -0.504 e. The van der Waals surface area contributed by atoms with Crippen molar-refractivity contribution in [2.75, 3.05) is 13.1 Å². The van der Waals surface area contributed by atoms with E-state index in [1.54, 1.807) is 6.07 Å². The lowest BCUT2D eigenvalue weighted by molar-refractivity contribution is -0.104. The fourth-order valence-corrected chi connectivity index (χ4v) is 6.16. The molecule has 1 aromatic rings. The normalized spacial score (nSPS) is 40.6. The van der Waals surface area contributed by atoms with Gasteiger partial charge in [-0.15, -0.1) is 0 Å². The molecule has 0 unspecified atom stereocenters. The number of hydrogen-bond donors (Lipinski definition) is 2. The largest absolute Gasteiger partial charge is 0.504 e. The second-order valence-electron chi connectivity index (χ2n) is 7.84. The predicted octanol–water partition coefficient (Wildman–Crippen LogP) is 2.20. The topological polar surface area (TPSA) is 52.9 Å². The number of aromatic hydroxyl groups is 1. The van der Waals surface area contributed by atoms with Gasteiger partial charge in [-0.2, -0.15) is 0 Å². The van der Waals surface area contributed by atoms with E-state index in [0.717, 1.165) is 38.8 Å². The van der Waals surface area contributed by atoms with Gasteiger partial charge < -0.3 is 14.9 Å². The first-order chi connectivity index (χ1) is 11.2. The highest BCUT2D eigenvalue weighted by atomic mass is 16.5. The first kappa shape index (κ1) is 14.1. The van der Waals surface area contributed by atoms with Gasteiger partial charge in [-0.25, -0.2) is 0 Å². The molecule has 2 aliphatic carbocycles. The minimum atomic E-state index is -0.414. The van der Waals surface area contributed by atoms with Crippen molar-refractivity contribution in [1.82, 2.24) is 4.90 Å². The SMILES string of the molecule is CCCN1CC[C@]23c4c5ccc(O)c4O[C@H]2[C@H](O)CC[C@H]3[C@H]1C5. The van der Waals surface area contributed by atoms with E-state index in [-0.39, 0.29) is 17.3 Å². The zero-order valence-corrected chi connectivity index (χ0v) is 13.7. The van der Waals surface area contributed by atoms with Crippen molar-refractivity contribution in [3.8, 4) is 11.5 Å². The average Bonchev–Trinajstić information content (AvgIpc) is 2.89. The lowest BCUT2D eigenvalue weighted by atomic mass is 9.51. The lowest BCUT2D eigenvalue weighted by Gasteiger charge is -2.59. The van der Waals surface area contributed by atoms with Crippen LogP contribution >= 0.6 is 0 Å². The van der Waals surface area contributed by atoms with Crippen molar-refractivity contribution in [2.24, 2.45) is 5.92 Å². The molecule has 1 saturated heterocycles. The van der Waals surface area contributed by atoms with Crippen molar-refractivity contribution in [1.29, 1.82) is 0 Å². The number of aliphatic hydroxyl groups excluding tert-OH is 1. The minimum absolute atomic E-state index is 0.0752. The fraction of sp³-hybridized carbons (Fsp3) is 0.684. The zero-order chi connectivity index (χ0) is 15.8. The van der Waals surface area contributed by atoms with Crippen LogP contribution in [-0.2, 0) is 11.8 Å². The number of nitrogens with zero attached hydrogens (tertiary/aromatic N) is 1. The van der Waals surface area contributed by atoms with Crippen LogP contribution in [0.4, 0.5) is 0 Å². The maximum absolute atomic E-state index is 10.6. The molecule has 2 bridgehead atoms. The smallest absolute Gasteiger partial charge is 0.165 e. The molecule has 4 aliphatic rings. The Morgan fingerprint density at radius 3 is 3.04 bits per heavy atom. The van der Waals surface area contributed by atoms with Gasteiger partial charge in [0, 0.05) is 17.0 Å². The molecule has 23 heavy (non-hydrogen) atoms. The van der Waals surface area contributed by atoms with E-state index in [1.165, 1.54) is 17.5 Å². The maximum Gasteiger partial charge on any atom is 0.165 e. The standard InChI is InChI=1S/C19H25NO3/c1-2-8-20-9-7-19-12-4-6-15(22)18(19)23-17-14(21)5-3-11(16(17)19)10-13(12)20/h3,5,12-13,15,18,21-22H,2,4,6-10H2,1H3/t12-,13+,15+,18-,19-/m0/s1. The molecule has 4 nitrogen and oxygen atoms in total. The summed E-state index contributed by atoms with van der Waals surface area (Å²) in [4.78, 5) is 2.67. The third kappa shape index (κ3) is 1.59. The van der Waals surface area contributed by atoms with E-state index in [9.17, 15) is 10.2 Å². The van der Waals surface area contributed by atoms with Gasteiger partial charge >= 0.3 is 0 Å². The maximum atomic E-state index is 10.6. The number of phenols is 1. The summed E-state index contributed by atoms with van der Waals surface area (Å²) >= 11 is 0. The highest BCUT2D eigenvalue weighted by molar-refractivity contribution is 5.60. The molecule has 1 saturated carbocycles. The van der Waals surface area contributed by atoms with Crippen molar-refractivity contribution in [3.05, 3.63) is 23.3 Å². The molecule has 0 radical (unpaired) electrons. The molecule has 2 heterocycles. The number of ether oxygens (including phenoxy) is 1. The van der Waals surface area contributed by atoms with E-state index >= 15 is 0 Å². The van der Waals surface area contributed by atoms with Crippen LogP contribution in [0.3, 0.4) is 0 Å². The molecule has 1 aromatic carbocycles. The van der Waals surface area contributed by atoms with Crippen LogP contribution in [-0.4, -0.2) is 46.5 Å². The highest BCUT2D eigenvalue weighted by Gasteiger charge is 2.65. The number of rotatable bonds is 2. The summed E-state index contributed by atoms with van der Waals surface area (Å²) in [6.07, 6.45) is 4.59. The lowest BCUT2D eigenvalue weighted by Crippen LogP contribution is -2.66. The molecule has 124 valence electrons. The van der Waals surface area contributed by atoms with Crippen molar-refractivity contribution >= 4 is 0 Å².